The van der Waals surface area contributed by atoms with Crippen LogP contribution in [0.4, 0.5) is 18.9 Å². The third kappa shape index (κ3) is 2.39. The first-order valence-corrected chi connectivity index (χ1v) is 7.17. The zero-order valence-corrected chi connectivity index (χ0v) is 11.2. The van der Waals surface area contributed by atoms with E-state index in [1.807, 2.05) is 4.90 Å². The Hall–Kier alpha value is -1.23. The average Bonchev–Trinajstić information content (AvgIpc) is 2.36. The van der Waals surface area contributed by atoms with Crippen LogP contribution < -0.4 is 10.6 Å². The molecule has 0 amide bonds. The van der Waals surface area contributed by atoms with E-state index in [0.29, 0.717) is 5.69 Å². The Bertz CT molecular complexity index is 472. The molecule has 0 saturated carbocycles. The van der Waals surface area contributed by atoms with Gasteiger partial charge in [-0.05, 0) is 44.2 Å². The van der Waals surface area contributed by atoms with Gasteiger partial charge in [0.15, 0.2) is 0 Å². The molecule has 2 nitrogen and oxygen atoms in total. The Morgan fingerprint density at radius 1 is 1.05 bits per heavy atom. The molecule has 5 heteroatoms. The van der Waals surface area contributed by atoms with Crippen molar-refractivity contribution in [3.63, 3.8) is 0 Å². The van der Waals surface area contributed by atoms with E-state index in [9.17, 15) is 13.2 Å². The molecule has 1 aromatic carbocycles. The average molecular weight is 284 g/mol. The highest BCUT2D eigenvalue weighted by molar-refractivity contribution is 5.57. The van der Waals surface area contributed by atoms with Crippen LogP contribution in [-0.2, 0) is 6.18 Å². The van der Waals surface area contributed by atoms with Gasteiger partial charge in [-0.1, -0.05) is 12.1 Å². The van der Waals surface area contributed by atoms with Gasteiger partial charge < -0.3 is 10.6 Å². The zero-order chi connectivity index (χ0) is 14.3. The number of fused-ring (bicyclic) bond motifs is 2. The summed E-state index contributed by atoms with van der Waals surface area (Å²) in [6.45, 7) is 0. The summed E-state index contributed by atoms with van der Waals surface area (Å²) in [5, 5.41) is 0. The van der Waals surface area contributed by atoms with Gasteiger partial charge in [-0.3, -0.25) is 0 Å². The highest BCUT2D eigenvalue weighted by atomic mass is 19.4. The van der Waals surface area contributed by atoms with E-state index in [-0.39, 0.29) is 18.1 Å². The summed E-state index contributed by atoms with van der Waals surface area (Å²) in [4.78, 5) is 2.00. The Balaban J connectivity index is 2.01. The fourth-order valence-electron chi connectivity index (χ4n) is 3.76. The lowest BCUT2D eigenvalue weighted by Gasteiger charge is -2.50. The number of alkyl halides is 3. The molecule has 110 valence electrons. The molecule has 0 aliphatic carbocycles. The molecular formula is C15H19F3N2. The molecule has 2 unspecified atom stereocenters. The molecule has 1 aromatic rings. The molecule has 20 heavy (non-hydrogen) atoms. The Morgan fingerprint density at radius 2 is 1.65 bits per heavy atom. The number of nitrogens with two attached hydrogens (primary N) is 1. The number of hydrogen-bond acceptors (Lipinski definition) is 2. The van der Waals surface area contributed by atoms with Crippen molar-refractivity contribution in [2.24, 2.45) is 5.73 Å². The first-order chi connectivity index (χ1) is 9.47. The van der Waals surface area contributed by atoms with Crippen molar-refractivity contribution < 1.29 is 13.2 Å². The predicted octanol–water partition coefficient (Wildman–Crippen LogP) is 3.55. The molecule has 0 radical (unpaired) electrons. The molecule has 0 spiro atoms. The van der Waals surface area contributed by atoms with Crippen LogP contribution in [0.1, 0.15) is 37.7 Å². The minimum absolute atomic E-state index is 0.125. The molecule has 2 fully saturated rings. The molecule has 2 aliphatic heterocycles. The van der Waals surface area contributed by atoms with Crippen LogP contribution in [0.15, 0.2) is 24.3 Å². The van der Waals surface area contributed by atoms with Gasteiger partial charge in [0.05, 0.1) is 5.56 Å². The lowest BCUT2D eigenvalue weighted by Crippen LogP contribution is -2.56. The molecule has 2 heterocycles. The second kappa shape index (κ2) is 4.95. The summed E-state index contributed by atoms with van der Waals surface area (Å²) in [5.74, 6) is 0. The maximum absolute atomic E-state index is 13.2. The van der Waals surface area contributed by atoms with Crippen molar-refractivity contribution >= 4 is 5.69 Å². The fourth-order valence-corrected chi connectivity index (χ4v) is 3.76. The molecular weight excluding hydrogens is 265 g/mol. The lowest BCUT2D eigenvalue weighted by molar-refractivity contribution is -0.137. The van der Waals surface area contributed by atoms with Gasteiger partial charge in [0.25, 0.3) is 0 Å². The van der Waals surface area contributed by atoms with Gasteiger partial charge in [0.1, 0.15) is 0 Å². The summed E-state index contributed by atoms with van der Waals surface area (Å²) in [6, 6.07) is 6.36. The van der Waals surface area contributed by atoms with Gasteiger partial charge in [-0.2, -0.15) is 13.2 Å². The Morgan fingerprint density at radius 3 is 2.25 bits per heavy atom. The van der Waals surface area contributed by atoms with Crippen molar-refractivity contribution in [2.75, 3.05) is 4.90 Å². The van der Waals surface area contributed by atoms with Crippen molar-refractivity contribution in [3.8, 4) is 0 Å². The number of hydrogen-bond donors (Lipinski definition) is 1. The van der Waals surface area contributed by atoms with Crippen LogP contribution in [0.25, 0.3) is 0 Å². The monoisotopic (exact) mass is 284 g/mol. The minimum Gasteiger partial charge on any atom is -0.365 e. The van der Waals surface area contributed by atoms with Crippen molar-refractivity contribution in [3.05, 3.63) is 29.8 Å². The topological polar surface area (TPSA) is 29.3 Å². The molecule has 2 bridgehead atoms. The first-order valence-electron chi connectivity index (χ1n) is 7.17. The number of halogens is 3. The van der Waals surface area contributed by atoms with Crippen LogP contribution in [0.2, 0.25) is 0 Å². The number of piperidine rings is 2. The van der Waals surface area contributed by atoms with Crippen LogP contribution in [0.5, 0.6) is 0 Å². The maximum Gasteiger partial charge on any atom is 0.418 e. The largest absolute Gasteiger partial charge is 0.418 e. The first kappa shape index (κ1) is 13.7. The van der Waals surface area contributed by atoms with Gasteiger partial charge in [-0.25, -0.2) is 0 Å². The molecule has 2 N–H and O–H groups in total. The second-order valence-corrected chi connectivity index (χ2v) is 5.89. The summed E-state index contributed by atoms with van der Waals surface area (Å²) in [7, 11) is 0. The summed E-state index contributed by atoms with van der Waals surface area (Å²) >= 11 is 0. The van der Waals surface area contributed by atoms with Gasteiger partial charge in [0, 0.05) is 23.8 Å². The van der Waals surface area contributed by atoms with Crippen LogP contribution >= 0.6 is 0 Å². The van der Waals surface area contributed by atoms with E-state index in [0.717, 1.165) is 32.1 Å². The zero-order valence-electron chi connectivity index (χ0n) is 11.2. The van der Waals surface area contributed by atoms with E-state index in [4.69, 9.17) is 5.73 Å². The number of para-hydroxylation sites is 1. The number of anilines is 1. The van der Waals surface area contributed by atoms with Crippen LogP contribution in [-0.4, -0.2) is 18.1 Å². The molecule has 2 atom stereocenters. The van der Waals surface area contributed by atoms with Crippen molar-refractivity contribution in [2.45, 2.75) is 56.4 Å². The normalized spacial score (nSPS) is 30.4. The summed E-state index contributed by atoms with van der Waals surface area (Å²) in [6.07, 6.45) is 0.259. The van der Waals surface area contributed by atoms with Gasteiger partial charge in [0.2, 0.25) is 0 Å². The maximum atomic E-state index is 13.2. The third-order valence-electron chi connectivity index (χ3n) is 4.50. The standard InChI is InChI=1S/C15H19F3N2/c16-15(17,18)13-6-1-2-7-14(13)20-11-4-3-5-12(20)9-10(19)8-11/h1-2,6-7,10-12H,3-5,8-9,19H2. The molecule has 2 saturated heterocycles. The predicted molar refractivity (Wildman–Crippen MR) is 72.6 cm³/mol. The van der Waals surface area contributed by atoms with Crippen molar-refractivity contribution in [1.82, 2.24) is 0 Å². The van der Waals surface area contributed by atoms with Gasteiger partial charge >= 0.3 is 6.18 Å². The summed E-state index contributed by atoms with van der Waals surface area (Å²) in [5.41, 5.74) is 5.85. The Kier molecular flexibility index (Phi) is 3.40. The number of benzene rings is 1. The van der Waals surface area contributed by atoms with Crippen molar-refractivity contribution in [1.29, 1.82) is 0 Å². The van der Waals surface area contributed by atoms with Crippen LogP contribution in [0.3, 0.4) is 0 Å². The van der Waals surface area contributed by atoms with E-state index < -0.39 is 11.7 Å². The summed E-state index contributed by atoms with van der Waals surface area (Å²) < 4.78 is 39.6. The number of nitrogens with zero attached hydrogens (tertiary/aromatic N) is 1. The van der Waals surface area contributed by atoms with Gasteiger partial charge in [-0.15, -0.1) is 0 Å². The molecule has 3 rings (SSSR count). The van der Waals surface area contributed by atoms with E-state index in [1.54, 1.807) is 12.1 Å². The van der Waals surface area contributed by atoms with E-state index >= 15 is 0 Å². The minimum atomic E-state index is -4.30. The fraction of sp³-hybridized carbons (Fsp3) is 0.600. The lowest BCUT2D eigenvalue weighted by atomic mass is 9.81. The highest BCUT2D eigenvalue weighted by Crippen LogP contribution is 2.43. The Labute approximate surface area is 116 Å². The number of rotatable bonds is 1. The molecule has 2 aliphatic rings. The smallest absolute Gasteiger partial charge is 0.365 e. The second-order valence-electron chi connectivity index (χ2n) is 5.89. The molecule has 0 aromatic heterocycles. The quantitative estimate of drug-likeness (QED) is 0.854. The van der Waals surface area contributed by atoms with Crippen LogP contribution in [0, 0.1) is 0 Å². The van der Waals surface area contributed by atoms with E-state index in [1.165, 1.54) is 12.1 Å². The SMILES string of the molecule is NC1CC2CCCC(C1)N2c1ccccc1C(F)(F)F. The highest BCUT2D eigenvalue weighted by Gasteiger charge is 2.41. The third-order valence-corrected chi connectivity index (χ3v) is 4.50. The van der Waals surface area contributed by atoms with E-state index in [2.05, 4.69) is 0 Å².